The number of hydrogen-bond donors (Lipinski definition) is 1. The van der Waals surface area contributed by atoms with Gasteiger partial charge in [-0.3, -0.25) is 4.79 Å². The highest BCUT2D eigenvalue weighted by Gasteiger charge is 2.42. The van der Waals surface area contributed by atoms with E-state index in [9.17, 15) is 17.6 Å². The Labute approximate surface area is 186 Å². The molecule has 5 rings (SSSR count). The Bertz CT molecular complexity index is 1220. The normalized spacial score (nSPS) is 20.8. The molecular formula is C23H25FN4O3S. The van der Waals surface area contributed by atoms with Crippen LogP contribution in [0.4, 0.5) is 4.39 Å². The van der Waals surface area contributed by atoms with Gasteiger partial charge in [-0.1, -0.05) is 24.3 Å². The summed E-state index contributed by atoms with van der Waals surface area (Å²) in [5, 5.41) is 0. The van der Waals surface area contributed by atoms with E-state index in [-0.39, 0.29) is 23.3 Å². The standard InChI is InChI=1S/C23H25FN4O3S/c24-17-6-1-4-10-21(17)32(30,31)28-13-5-9-20(28)23(29)27-14-11-16(12-15-27)22-25-18-7-2-3-8-19(18)26-22/h1-4,6-8,10,16,20H,5,9,11-15H2,(H,25,26)/t20-/m1/s1. The van der Waals surface area contributed by atoms with Crippen LogP contribution in [0.3, 0.4) is 0 Å². The van der Waals surface area contributed by atoms with E-state index in [1.54, 1.807) is 4.90 Å². The van der Waals surface area contributed by atoms with Crippen LogP contribution in [-0.2, 0) is 14.8 Å². The zero-order chi connectivity index (χ0) is 22.3. The fraction of sp³-hybridized carbons (Fsp3) is 0.391. The van der Waals surface area contributed by atoms with Crippen LogP contribution < -0.4 is 0 Å². The third-order valence-corrected chi connectivity index (χ3v) is 8.45. The molecule has 32 heavy (non-hydrogen) atoms. The van der Waals surface area contributed by atoms with Gasteiger partial charge in [-0.15, -0.1) is 0 Å². The lowest BCUT2D eigenvalue weighted by Crippen LogP contribution is -2.49. The molecule has 2 aliphatic rings. The van der Waals surface area contributed by atoms with Crippen molar-refractivity contribution < 1.29 is 17.6 Å². The van der Waals surface area contributed by atoms with Crippen LogP contribution in [0.25, 0.3) is 11.0 Å². The lowest BCUT2D eigenvalue weighted by atomic mass is 9.95. The summed E-state index contributed by atoms with van der Waals surface area (Å²) in [6.45, 7) is 1.32. The molecule has 168 valence electrons. The molecule has 1 N–H and O–H groups in total. The molecule has 0 aliphatic carbocycles. The van der Waals surface area contributed by atoms with Crippen molar-refractivity contribution in [2.24, 2.45) is 0 Å². The van der Waals surface area contributed by atoms with Crippen LogP contribution in [0.1, 0.15) is 37.4 Å². The minimum absolute atomic E-state index is 0.189. The summed E-state index contributed by atoms with van der Waals surface area (Å²) >= 11 is 0. The lowest BCUT2D eigenvalue weighted by Gasteiger charge is -2.34. The Hall–Kier alpha value is -2.78. The second-order valence-electron chi connectivity index (χ2n) is 8.44. The molecule has 0 unspecified atom stereocenters. The molecule has 2 aromatic carbocycles. The highest BCUT2D eigenvalue weighted by molar-refractivity contribution is 7.89. The van der Waals surface area contributed by atoms with E-state index in [1.807, 2.05) is 24.3 Å². The first-order valence-electron chi connectivity index (χ1n) is 10.9. The Kier molecular flexibility index (Phi) is 5.46. The number of carbonyl (C=O) groups is 1. The number of likely N-dealkylation sites (tertiary alicyclic amines) is 1. The zero-order valence-electron chi connectivity index (χ0n) is 17.6. The molecule has 0 radical (unpaired) electrons. The van der Waals surface area contributed by atoms with Gasteiger partial charge < -0.3 is 9.88 Å². The Morgan fingerprint density at radius 2 is 1.72 bits per heavy atom. The number of para-hydroxylation sites is 2. The number of benzene rings is 2. The van der Waals surface area contributed by atoms with Gasteiger partial charge >= 0.3 is 0 Å². The molecule has 3 heterocycles. The Morgan fingerprint density at radius 1 is 1.00 bits per heavy atom. The van der Waals surface area contributed by atoms with Crippen LogP contribution in [-0.4, -0.2) is 59.2 Å². The molecular weight excluding hydrogens is 431 g/mol. The van der Waals surface area contributed by atoms with E-state index in [0.29, 0.717) is 25.9 Å². The van der Waals surface area contributed by atoms with E-state index in [0.717, 1.165) is 35.8 Å². The number of aromatic amines is 1. The fourth-order valence-electron chi connectivity index (χ4n) is 4.80. The average Bonchev–Trinajstić information content (AvgIpc) is 3.47. The number of nitrogens with zero attached hydrogens (tertiary/aromatic N) is 3. The molecule has 7 nitrogen and oxygen atoms in total. The summed E-state index contributed by atoms with van der Waals surface area (Å²) < 4.78 is 41.5. The predicted molar refractivity (Wildman–Crippen MR) is 118 cm³/mol. The fourth-order valence-corrected chi connectivity index (χ4v) is 6.52. The van der Waals surface area contributed by atoms with Crippen molar-refractivity contribution in [3.05, 3.63) is 60.2 Å². The van der Waals surface area contributed by atoms with Gasteiger partial charge in [0.15, 0.2) is 0 Å². The summed E-state index contributed by atoms with van der Waals surface area (Å²) in [6, 6.07) is 12.4. The van der Waals surface area contributed by atoms with E-state index in [4.69, 9.17) is 0 Å². The van der Waals surface area contributed by atoms with Crippen molar-refractivity contribution in [1.82, 2.24) is 19.2 Å². The van der Waals surface area contributed by atoms with Crippen molar-refractivity contribution in [1.29, 1.82) is 0 Å². The molecule has 1 amide bonds. The maximum absolute atomic E-state index is 14.2. The summed E-state index contributed by atoms with van der Waals surface area (Å²) in [6.07, 6.45) is 2.56. The number of amides is 1. The number of H-pyrrole nitrogens is 1. The number of imidazole rings is 1. The highest BCUT2D eigenvalue weighted by atomic mass is 32.2. The van der Waals surface area contributed by atoms with E-state index < -0.39 is 21.9 Å². The first-order valence-corrected chi connectivity index (χ1v) is 12.4. The highest BCUT2D eigenvalue weighted by Crippen LogP contribution is 2.32. The number of rotatable bonds is 4. The van der Waals surface area contributed by atoms with Crippen LogP contribution in [0, 0.1) is 5.82 Å². The number of sulfonamides is 1. The number of aromatic nitrogens is 2. The summed E-state index contributed by atoms with van der Waals surface area (Å²) in [5.74, 6) is 0.180. The van der Waals surface area contributed by atoms with E-state index in [1.165, 1.54) is 22.5 Å². The molecule has 0 saturated carbocycles. The van der Waals surface area contributed by atoms with E-state index >= 15 is 0 Å². The summed E-state index contributed by atoms with van der Waals surface area (Å²) in [7, 11) is -4.07. The number of carbonyl (C=O) groups excluding carboxylic acids is 1. The van der Waals surface area contributed by atoms with Crippen molar-refractivity contribution in [2.45, 2.75) is 42.5 Å². The van der Waals surface area contributed by atoms with Gasteiger partial charge in [0.05, 0.1) is 11.0 Å². The van der Waals surface area contributed by atoms with Crippen LogP contribution in [0.2, 0.25) is 0 Å². The second kappa shape index (κ2) is 8.29. The first kappa shape index (κ1) is 21.1. The maximum atomic E-state index is 14.2. The summed E-state index contributed by atoms with van der Waals surface area (Å²) in [5.41, 5.74) is 1.93. The van der Waals surface area contributed by atoms with Crippen molar-refractivity contribution >= 4 is 27.0 Å². The predicted octanol–water partition coefficient (Wildman–Crippen LogP) is 3.26. The zero-order valence-corrected chi connectivity index (χ0v) is 18.4. The van der Waals surface area contributed by atoms with Gasteiger partial charge in [0.25, 0.3) is 0 Å². The minimum Gasteiger partial charge on any atom is -0.342 e. The van der Waals surface area contributed by atoms with Gasteiger partial charge in [-0.25, -0.2) is 17.8 Å². The average molecular weight is 457 g/mol. The SMILES string of the molecule is O=C([C@H]1CCCN1S(=O)(=O)c1ccccc1F)N1CCC(c2nc3ccccc3[nH]2)CC1. The van der Waals surface area contributed by atoms with Crippen molar-refractivity contribution in [3.8, 4) is 0 Å². The Morgan fingerprint density at radius 3 is 2.47 bits per heavy atom. The van der Waals surface area contributed by atoms with Crippen LogP contribution >= 0.6 is 0 Å². The van der Waals surface area contributed by atoms with E-state index in [2.05, 4.69) is 9.97 Å². The quantitative estimate of drug-likeness (QED) is 0.653. The molecule has 3 aromatic rings. The molecule has 1 aromatic heterocycles. The molecule has 1 atom stereocenters. The van der Waals surface area contributed by atoms with Crippen LogP contribution in [0.15, 0.2) is 53.4 Å². The molecule has 0 bridgehead atoms. The third kappa shape index (κ3) is 3.69. The largest absolute Gasteiger partial charge is 0.342 e. The van der Waals surface area contributed by atoms with Gasteiger partial charge in [0.1, 0.15) is 22.6 Å². The number of hydrogen-bond acceptors (Lipinski definition) is 4. The number of fused-ring (bicyclic) bond motifs is 1. The topological polar surface area (TPSA) is 86.4 Å². The third-order valence-electron chi connectivity index (χ3n) is 6.51. The lowest BCUT2D eigenvalue weighted by molar-refractivity contribution is -0.135. The number of piperidine rings is 1. The molecule has 2 saturated heterocycles. The van der Waals surface area contributed by atoms with Gasteiger partial charge in [0.2, 0.25) is 15.9 Å². The summed E-state index contributed by atoms with van der Waals surface area (Å²) in [4.78, 5) is 22.7. The van der Waals surface area contributed by atoms with Gasteiger partial charge in [-0.2, -0.15) is 4.31 Å². The monoisotopic (exact) mass is 456 g/mol. The first-order chi connectivity index (χ1) is 15.4. The molecule has 9 heteroatoms. The van der Waals surface area contributed by atoms with Crippen LogP contribution in [0.5, 0.6) is 0 Å². The minimum atomic E-state index is -4.07. The number of nitrogens with one attached hydrogen (secondary N) is 1. The molecule has 2 aliphatic heterocycles. The smallest absolute Gasteiger partial charge is 0.246 e. The van der Waals surface area contributed by atoms with Crippen molar-refractivity contribution in [3.63, 3.8) is 0 Å². The second-order valence-corrected chi connectivity index (χ2v) is 10.3. The Balaban J connectivity index is 1.29. The molecule has 0 spiro atoms. The van der Waals surface area contributed by atoms with Crippen molar-refractivity contribution in [2.75, 3.05) is 19.6 Å². The van der Waals surface area contributed by atoms with Gasteiger partial charge in [-0.05, 0) is 49.9 Å². The molecule has 2 fully saturated rings. The number of halogens is 1. The maximum Gasteiger partial charge on any atom is 0.246 e. The van der Waals surface area contributed by atoms with Gasteiger partial charge in [0, 0.05) is 25.6 Å².